The molecule has 9 heteroatoms. The van der Waals surface area contributed by atoms with E-state index in [1.165, 1.54) is 22.7 Å². The van der Waals surface area contributed by atoms with Crippen LogP contribution in [0.4, 0.5) is 10.5 Å². The Morgan fingerprint density at radius 2 is 1.89 bits per heavy atom. The summed E-state index contributed by atoms with van der Waals surface area (Å²) in [7, 11) is -1.88. The molecule has 1 aliphatic rings. The number of amides is 2. The van der Waals surface area contributed by atoms with Crippen molar-refractivity contribution in [3.05, 3.63) is 65.9 Å². The molecular weight excluding hydrogens is 498 g/mol. The largest absolute Gasteiger partial charge is 0.337 e. The Morgan fingerprint density at radius 1 is 1.13 bits per heavy atom. The molecule has 1 fully saturated rings. The predicted octanol–water partition coefficient (Wildman–Crippen LogP) is 4.79. The Balaban J connectivity index is 1.25. The maximum absolute atomic E-state index is 13.2. The van der Waals surface area contributed by atoms with Crippen LogP contribution in [0.1, 0.15) is 43.9 Å². The van der Waals surface area contributed by atoms with Crippen LogP contribution in [0.25, 0.3) is 10.9 Å². The zero-order chi connectivity index (χ0) is 27.1. The number of benzene rings is 2. The van der Waals surface area contributed by atoms with E-state index >= 15 is 0 Å². The Morgan fingerprint density at radius 3 is 2.66 bits per heavy atom. The quantitative estimate of drug-likeness (QED) is 0.343. The molecule has 38 heavy (non-hydrogen) atoms. The number of pyridine rings is 1. The van der Waals surface area contributed by atoms with Gasteiger partial charge in [0, 0.05) is 43.8 Å². The predicted molar refractivity (Wildman–Crippen MR) is 153 cm³/mol. The lowest BCUT2D eigenvalue weighted by atomic mass is 10.1. The van der Waals surface area contributed by atoms with Gasteiger partial charge in [-0.3, -0.25) is 9.88 Å². The Bertz CT molecular complexity index is 1340. The van der Waals surface area contributed by atoms with Gasteiger partial charge in [-0.1, -0.05) is 50.1 Å². The fourth-order valence-corrected chi connectivity index (χ4v) is 6.36. The van der Waals surface area contributed by atoms with E-state index in [-0.39, 0.29) is 12.1 Å². The molecule has 1 atom stereocenters. The van der Waals surface area contributed by atoms with Crippen molar-refractivity contribution < 1.29 is 13.2 Å². The van der Waals surface area contributed by atoms with E-state index in [1.54, 1.807) is 19.2 Å². The molecule has 0 bridgehead atoms. The number of rotatable bonds is 11. The number of unbranched alkanes of at least 4 members (excludes halogenated alkanes) is 2. The highest BCUT2D eigenvalue weighted by Crippen LogP contribution is 2.24. The number of carbonyl (C=O) groups is 1. The number of nitrogens with zero attached hydrogens (tertiary/aromatic N) is 3. The average molecular weight is 538 g/mol. The van der Waals surface area contributed by atoms with Gasteiger partial charge < -0.3 is 10.6 Å². The number of anilines is 1. The summed E-state index contributed by atoms with van der Waals surface area (Å²) in [4.78, 5) is 19.6. The highest BCUT2D eigenvalue weighted by atomic mass is 32.2. The number of likely N-dealkylation sites (N-methyl/N-ethyl adjacent to an activating group) is 1. The van der Waals surface area contributed by atoms with Crippen molar-refractivity contribution in [3.63, 3.8) is 0 Å². The van der Waals surface area contributed by atoms with Crippen LogP contribution < -0.4 is 10.6 Å². The first-order chi connectivity index (χ1) is 18.3. The molecule has 2 N–H and O–H groups in total. The smallest absolute Gasteiger partial charge is 0.319 e. The maximum Gasteiger partial charge on any atom is 0.319 e. The number of aromatic nitrogens is 1. The number of carbonyl (C=O) groups excluding carboxylic acids is 1. The molecule has 0 spiro atoms. The number of para-hydroxylation sites is 1. The second kappa shape index (κ2) is 12.7. The second-order valence-corrected chi connectivity index (χ2v) is 12.1. The Labute approximate surface area is 226 Å². The summed E-state index contributed by atoms with van der Waals surface area (Å²) >= 11 is 0. The van der Waals surface area contributed by atoms with Crippen LogP contribution in [0.2, 0.25) is 0 Å². The van der Waals surface area contributed by atoms with Crippen molar-refractivity contribution in [2.24, 2.45) is 0 Å². The lowest BCUT2D eigenvalue weighted by Crippen LogP contribution is -2.40. The molecular formula is C29H39N5O3S. The van der Waals surface area contributed by atoms with E-state index < -0.39 is 10.0 Å². The van der Waals surface area contributed by atoms with Gasteiger partial charge in [0.25, 0.3) is 0 Å². The van der Waals surface area contributed by atoms with E-state index in [9.17, 15) is 13.2 Å². The van der Waals surface area contributed by atoms with Gasteiger partial charge in [-0.2, -0.15) is 4.31 Å². The topological polar surface area (TPSA) is 94.6 Å². The molecule has 2 aromatic carbocycles. The third-order valence-electron chi connectivity index (χ3n) is 7.24. The van der Waals surface area contributed by atoms with E-state index in [0.29, 0.717) is 24.5 Å². The number of hydrogen-bond acceptors (Lipinski definition) is 5. The lowest BCUT2D eigenvalue weighted by Gasteiger charge is -2.24. The van der Waals surface area contributed by atoms with Gasteiger partial charge in [0.15, 0.2) is 0 Å². The summed E-state index contributed by atoms with van der Waals surface area (Å²) in [6.07, 6.45) is 5.22. The second-order valence-electron chi connectivity index (χ2n) is 10.1. The number of aryl methyl sites for hydroxylation is 2. The fourth-order valence-electron chi connectivity index (χ4n) is 4.99. The number of likely N-dealkylation sites (tertiary alicyclic amines) is 1. The molecule has 1 unspecified atom stereocenters. The molecule has 0 saturated carbocycles. The first kappa shape index (κ1) is 28.0. The van der Waals surface area contributed by atoms with Crippen molar-refractivity contribution in [3.8, 4) is 0 Å². The molecule has 2 heterocycles. The average Bonchev–Trinajstić information content (AvgIpc) is 3.37. The highest BCUT2D eigenvalue weighted by Gasteiger charge is 2.33. The standard InChI is InChI=1S/C29H39N5O3S/c1-4-5-6-9-23-12-14-25(15-13-23)38(36,37)33(3)24-16-18-34(21-24)19-17-30-29(35)32-28-20-22(2)31-27-11-8-7-10-26(27)28/h7-8,10-15,20,24H,4-6,9,16-19,21H2,1-3H3,(H2,30,31,32,35). The highest BCUT2D eigenvalue weighted by molar-refractivity contribution is 7.89. The molecule has 0 radical (unpaired) electrons. The van der Waals surface area contributed by atoms with Crippen LogP contribution in [0.3, 0.4) is 0 Å². The van der Waals surface area contributed by atoms with Gasteiger partial charge in [-0.15, -0.1) is 0 Å². The molecule has 0 aliphatic carbocycles. The van der Waals surface area contributed by atoms with Gasteiger partial charge in [0.05, 0.1) is 16.1 Å². The van der Waals surface area contributed by atoms with Gasteiger partial charge in [0.2, 0.25) is 10.0 Å². The van der Waals surface area contributed by atoms with Crippen molar-refractivity contribution in [2.45, 2.75) is 56.9 Å². The van der Waals surface area contributed by atoms with E-state index in [0.717, 1.165) is 48.1 Å². The van der Waals surface area contributed by atoms with Gasteiger partial charge >= 0.3 is 6.03 Å². The number of nitrogens with one attached hydrogen (secondary N) is 2. The minimum atomic E-state index is -3.56. The summed E-state index contributed by atoms with van der Waals surface area (Å²) in [6.45, 7) is 6.63. The van der Waals surface area contributed by atoms with Crippen LogP contribution in [-0.4, -0.2) is 67.9 Å². The third kappa shape index (κ3) is 6.89. The number of urea groups is 1. The monoisotopic (exact) mass is 537 g/mol. The zero-order valence-electron chi connectivity index (χ0n) is 22.6. The minimum Gasteiger partial charge on any atom is -0.337 e. The fraction of sp³-hybridized carbons (Fsp3) is 0.448. The third-order valence-corrected chi connectivity index (χ3v) is 9.16. The molecule has 204 valence electrons. The van der Waals surface area contributed by atoms with E-state index in [4.69, 9.17) is 0 Å². The molecule has 1 aromatic heterocycles. The van der Waals surface area contributed by atoms with E-state index in [2.05, 4.69) is 27.4 Å². The van der Waals surface area contributed by atoms with Crippen molar-refractivity contribution >= 4 is 32.6 Å². The number of fused-ring (bicyclic) bond motifs is 1. The van der Waals surface area contributed by atoms with E-state index in [1.807, 2.05) is 49.4 Å². The van der Waals surface area contributed by atoms with Crippen LogP contribution in [0.5, 0.6) is 0 Å². The molecule has 4 rings (SSSR count). The normalized spacial score (nSPS) is 16.3. The number of hydrogen-bond donors (Lipinski definition) is 2. The molecule has 3 aromatic rings. The van der Waals surface area contributed by atoms with Crippen molar-refractivity contribution in [1.29, 1.82) is 0 Å². The molecule has 1 saturated heterocycles. The van der Waals surface area contributed by atoms with Crippen LogP contribution in [-0.2, 0) is 16.4 Å². The maximum atomic E-state index is 13.2. The first-order valence-electron chi connectivity index (χ1n) is 13.5. The Hall–Kier alpha value is -3.01. The minimum absolute atomic E-state index is 0.0933. The molecule has 1 aliphatic heterocycles. The summed E-state index contributed by atoms with van der Waals surface area (Å²) in [5, 5.41) is 6.75. The van der Waals surface area contributed by atoms with Gasteiger partial charge in [0.1, 0.15) is 0 Å². The molecule has 8 nitrogen and oxygen atoms in total. The summed E-state index contributed by atoms with van der Waals surface area (Å²) < 4.78 is 28.0. The van der Waals surface area contributed by atoms with Crippen LogP contribution in [0.15, 0.2) is 59.5 Å². The van der Waals surface area contributed by atoms with Crippen molar-refractivity contribution in [2.75, 3.05) is 38.5 Å². The van der Waals surface area contributed by atoms with Gasteiger partial charge in [-0.25, -0.2) is 13.2 Å². The molecule has 2 amide bonds. The number of sulfonamides is 1. The van der Waals surface area contributed by atoms with Crippen molar-refractivity contribution in [1.82, 2.24) is 19.5 Å². The first-order valence-corrected chi connectivity index (χ1v) is 14.9. The SMILES string of the molecule is CCCCCc1ccc(S(=O)(=O)N(C)C2CCN(CCNC(=O)Nc3cc(C)nc4ccccc34)C2)cc1. The van der Waals surface area contributed by atoms with Gasteiger partial charge in [-0.05, 0) is 62.6 Å². The lowest BCUT2D eigenvalue weighted by molar-refractivity contribution is 0.248. The zero-order valence-corrected chi connectivity index (χ0v) is 23.4. The summed E-state index contributed by atoms with van der Waals surface area (Å²) in [5.74, 6) is 0. The van der Waals surface area contributed by atoms with Crippen LogP contribution >= 0.6 is 0 Å². The summed E-state index contributed by atoms with van der Waals surface area (Å²) in [5.41, 5.74) is 3.58. The van der Waals surface area contributed by atoms with Crippen LogP contribution in [0, 0.1) is 6.92 Å². The Kier molecular flexibility index (Phi) is 9.35. The summed E-state index contributed by atoms with van der Waals surface area (Å²) in [6, 6.07) is 16.6.